The maximum atomic E-state index is 13.9. The molecule has 3 aromatic carbocycles. The van der Waals surface area contributed by atoms with E-state index in [1.54, 1.807) is 7.11 Å². The molecule has 4 rings (SSSR count). The number of hydrogen-bond donors (Lipinski definition) is 0. The highest BCUT2D eigenvalue weighted by molar-refractivity contribution is 5.95. The molecule has 1 aliphatic rings. The number of hydrogen-bond acceptors (Lipinski definition) is 3. The van der Waals surface area contributed by atoms with Gasteiger partial charge in [-0.25, -0.2) is 8.78 Å². The third-order valence-corrected chi connectivity index (χ3v) is 9.28. The van der Waals surface area contributed by atoms with E-state index in [0.717, 1.165) is 85.3 Å². The number of halogens is 2. The lowest BCUT2D eigenvalue weighted by molar-refractivity contribution is 0.0735. The Kier molecular flexibility index (Phi) is 11.1. The molecule has 1 fully saturated rings. The molecule has 0 spiro atoms. The molecule has 4 nitrogen and oxygen atoms in total. The molecule has 0 N–H and O–H groups in total. The quantitative estimate of drug-likeness (QED) is 0.201. The fourth-order valence-electron chi connectivity index (χ4n) is 6.56. The lowest BCUT2D eigenvalue weighted by Crippen LogP contribution is -2.39. The van der Waals surface area contributed by atoms with Crippen LogP contribution in [-0.4, -0.2) is 55.5 Å². The second-order valence-corrected chi connectivity index (χ2v) is 14.8. The van der Waals surface area contributed by atoms with Crippen LogP contribution in [0.1, 0.15) is 112 Å². The van der Waals surface area contributed by atoms with Crippen molar-refractivity contribution in [2.75, 3.05) is 33.8 Å². The Morgan fingerprint density at radius 2 is 1.38 bits per heavy atom. The van der Waals surface area contributed by atoms with Crippen LogP contribution in [0.4, 0.5) is 8.78 Å². The fourth-order valence-corrected chi connectivity index (χ4v) is 6.56. The topological polar surface area (TPSA) is 32.8 Å². The standard InChI is InChI=1S/C39H52F2N2O2/c1-38(2,3)34-24-29(25-35(36(34)45-8)39(4,5)6)37(44)42(7)32-21-23-43(26-32)22-11-9-10-12-33(27-13-17-30(40)18-14-27)28-15-19-31(41)20-16-28/h13-20,24-25,32-33H,9-12,21-23,26H2,1-8H3. The summed E-state index contributed by atoms with van der Waals surface area (Å²) in [5, 5.41) is 0. The molecule has 1 amide bonds. The number of carbonyl (C=O) groups excluding carboxylic acids is 1. The van der Waals surface area contributed by atoms with Gasteiger partial charge < -0.3 is 14.5 Å². The molecule has 1 aliphatic heterocycles. The summed E-state index contributed by atoms with van der Waals surface area (Å²) in [6.07, 6.45) is 5.07. The first-order valence-corrected chi connectivity index (χ1v) is 16.4. The molecule has 0 bridgehead atoms. The summed E-state index contributed by atoms with van der Waals surface area (Å²) in [6, 6.07) is 17.6. The van der Waals surface area contributed by atoms with Crippen molar-refractivity contribution in [3.8, 4) is 5.75 Å². The molecule has 1 saturated heterocycles. The van der Waals surface area contributed by atoms with Crippen molar-refractivity contribution >= 4 is 5.91 Å². The van der Waals surface area contributed by atoms with E-state index < -0.39 is 0 Å². The van der Waals surface area contributed by atoms with E-state index in [9.17, 15) is 13.6 Å². The van der Waals surface area contributed by atoms with Gasteiger partial charge in [0.1, 0.15) is 17.4 Å². The van der Waals surface area contributed by atoms with Gasteiger partial charge >= 0.3 is 0 Å². The predicted octanol–water partition coefficient (Wildman–Crippen LogP) is 9.11. The SMILES string of the molecule is COc1c(C(C)(C)C)cc(C(=O)N(C)C2CCN(CCCCCC(c3ccc(F)cc3)c3ccc(F)cc3)C2)cc1C(C)(C)C. The lowest BCUT2D eigenvalue weighted by atomic mass is 9.78. The van der Waals surface area contributed by atoms with Gasteiger partial charge in [0.15, 0.2) is 0 Å². The number of methoxy groups -OCH3 is 1. The van der Waals surface area contributed by atoms with Crippen LogP contribution >= 0.6 is 0 Å². The van der Waals surface area contributed by atoms with E-state index in [2.05, 4.69) is 46.4 Å². The highest BCUT2D eigenvalue weighted by Crippen LogP contribution is 2.41. The largest absolute Gasteiger partial charge is 0.496 e. The van der Waals surface area contributed by atoms with Crippen LogP contribution in [0.25, 0.3) is 0 Å². The Hall–Kier alpha value is -3.25. The number of carbonyl (C=O) groups is 1. The Balaban J connectivity index is 1.33. The first-order valence-electron chi connectivity index (χ1n) is 16.4. The van der Waals surface area contributed by atoms with Gasteiger partial charge in [0.25, 0.3) is 5.91 Å². The molecule has 1 atom stereocenters. The monoisotopic (exact) mass is 618 g/mol. The molecule has 6 heteroatoms. The first-order chi connectivity index (χ1) is 21.2. The van der Waals surface area contributed by atoms with Crippen LogP contribution in [0, 0.1) is 11.6 Å². The maximum Gasteiger partial charge on any atom is 0.253 e. The predicted molar refractivity (Wildman–Crippen MR) is 180 cm³/mol. The molecule has 3 aromatic rings. The van der Waals surface area contributed by atoms with Gasteiger partial charge in [0.05, 0.1) is 7.11 Å². The van der Waals surface area contributed by atoms with Crippen LogP contribution < -0.4 is 4.74 Å². The molecule has 0 radical (unpaired) electrons. The molecular weight excluding hydrogens is 566 g/mol. The van der Waals surface area contributed by atoms with Crippen molar-refractivity contribution in [2.45, 2.75) is 96.4 Å². The van der Waals surface area contributed by atoms with Crippen molar-refractivity contribution in [1.29, 1.82) is 0 Å². The van der Waals surface area contributed by atoms with Gasteiger partial charge in [-0.1, -0.05) is 78.6 Å². The van der Waals surface area contributed by atoms with E-state index in [-0.39, 0.29) is 40.3 Å². The average Bonchev–Trinajstić information content (AvgIpc) is 3.47. The summed E-state index contributed by atoms with van der Waals surface area (Å²) in [5.41, 5.74) is 4.62. The second kappa shape index (κ2) is 14.5. The Morgan fingerprint density at radius 1 is 0.867 bits per heavy atom. The van der Waals surface area contributed by atoms with E-state index in [1.807, 2.05) is 48.3 Å². The summed E-state index contributed by atoms with van der Waals surface area (Å²) in [4.78, 5) is 18.3. The van der Waals surface area contributed by atoms with Gasteiger partial charge in [-0.05, 0) is 84.2 Å². The molecular formula is C39H52F2N2O2. The second-order valence-electron chi connectivity index (χ2n) is 14.8. The van der Waals surface area contributed by atoms with Gasteiger partial charge in [0.2, 0.25) is 0 Å². The first kappa shape index (κ1) is 34.6. The third kappa shape index (κ3) is 8.72. The lowest BCUT2D eigenvalue weighted by Gasteiger charge is -2.31. The van der Waals surface area contributed by atoms with E-state index >= 15 is 0 Å². The summed E-state index contributed by atoms with van der Waals surface area (Å²) in [6.45, 7) is 15.8. The number of benzene rings is 3. The van der Waals surface area contributed by atoms with Crippen molar-refractivity contribution in [3.63, 3.8) is 0 Å². The van der Waals surface area contributed by atoms with Crippen LogP contribution in [0.3, 0.4) is 0 Å². The van der Waals surface area contributed by atoms with Crippen LogP contribution in [-0.2, 0) is 10.8 Å². The molecule has 0 saturated carbocycles. The molecule has 0 aliphatic carbocycles. The van der Waals surface area contributed by atoms with Crippen LogP contribution in [0.2, 0.25) is 0 Å². The summed E-state index contributed by atoms with van der Waals surface area (Å²) in [7, 11) is 3.66. The zero-order valence-electron chi connectivity index (χ0n) is 28.6. The number of unbranched alkanes of at least 4 members (excludes halogenated alkanes) is 2. The molecule has 0 aromatic heterocycles. The number of nitrogens with zero attached hydrogens (tertiary/aromatic N) is 2. The average molecular weight is 619 g/mol. The van der Waals surface area contributed by atoms with Crippen molar-refractivity contribution in [2.24, 2.45) is 0 Å². The maximum absolute atomic E-state index is 13.9. The van der Waals surface area contributed by atoms with Gasteiger partial charge in [-0.3, -0.25) is 4.79 Å². The zero-order valence-corrected chi connectivity index (χ0v) is 28.6. The highest BCUT2D eigenvalue weighted by atomic mass is 19.1. The van der Waals surface area contributed by atoms with Crippen molar-refractivity contribution in [3.05, 3.63) is 100 Å². The van der Waals surface area contributed by atoms with E-state index in [4.69, 9.17) is 4.74 Å². The van der Waals surface area contributed by atoms with Gasteiger partial charge in [-0.2, -0.15) is 0 Å². The molecule has 1 unspecified atom stereocenters. The molecule has 45 heavy (non-hydrogen) atoms. The Bertz CT molecular complexity index is 1340. The summed E-state index contributed by atoms with van der Waals surface area (Å²) in [5.74, 6) is 0.552. The molecule has 244 valence electrons. The summed E-state index contributed by atoms with van der Waals surface area (Å²) < 4.78 is 33.1. The van der Waals surface area contributed by atoms with E-state index in [1.165, 1.54) is 24.3 Å². The van der Waals surface area contributed by atoms with Crippen LogP contribution in [0.15, 0.2) is 60.7 Å². The van der Waals surface area contributed by atoms with Gasteiger partial charge in [-0.15, -0.1) is 0 Å². The minimum absolute atomic E-state index is 0.0631. The number of amides is 1. The van der Waals surface area contributed by atoms with Crippen LogP contribution in [0.5, 0.6) is 5.75 Å². The fraction of sp³-hybridized carbons (Fsp3) is 0.513. The minimum Gasteiger partial charge on any atom is -0.496 e. The van der Waals surface area contributed by atoms with Gasteiger partial charge in [0, 0.05) is 48.8 Å². The van der Waals surface area contributed by atoms with Crippen molar-refractivity contribution < 1.29 is 18.3 Å². The third-order valence-electron chi connectivity index (χ3n) is 9.28. The van der Waals surface area contributed by atoms with Crippen molar-refractivity contribution in [1.82, 2.24) is 9.80 Å². The normalized spacial score (nSPS) is 15.9. The number of ether oxygens (including phenoxy) is 1. The number of rotatable bonds is 11. The smallest absolute Gasteiger partial charge is 0.253 e. The Labute approximate surface area is 269 Å². The Morgan fingerprint density at radius 3 is 1.84 bits per heavy atom. The number of likely N-dealkylation sites (tertiary alicyclic amines) is 1. The zero-order chi connectivity index (χ0) is 32.9. The van der Waals surface area contributed by atoms with E-state index in [0.29, 0.717) is 0 Å². The highest BCUT2D eigenvalue weighted by Gasteiger charge is 2.32. The minimum atomic E-state index is -0.249. The molecule has 1 heterocycles. The summed E-state index contributed by atoms with van der Waals surface area (Å²) >= 11 is 0. The number of likely N-dealkylation sites (N-methyl/N-ethyl adjacent to an activating group) is 1.